The number of nitrogens with one attached hydrogen (secondary N) is 1. The van der Waals surface area contributed by atoms with E-state index in [0.717, 1.165) is 25.8 Å². The first-order valence-electron chi connectivity index (χ1n) is 4.55. The van der Waals surface area contributed by atoms with Gasteiger partial charge in [-0.2, -0.15) is 0 Å². The number of hydrogen-bond donors (Lipinski definition) is 2. The van der Waals surface area contributed by atoms with Crippen molar-refractivity contribution in [1.82, 2.24) is 5.32 Å². The Kier molecular flexibility index (Phi) is 2.61. The molecule has 13 heavy (non-hydrogen) atoms. The molecule has 2 fully saturated rings. The lowest BCUT2D eigenvalue weighted by molar-refractivity contribution is -0.145. The summed E-state index contributed by atoms with van der Waals surface area (Å²) in [7, 11) is 0. The van der Waals surface area contributed by atoms with Crippen LogP contribution in [-0.2, 0) is 4.79 Å². The maximum Gasteiger partial charge on any atom is 0.323 e. The molecule has 4 heteroatoms. The molecule has 0 radical (unpaired) electrons. The van der Waals surface area contributed by atoms with E-state index in [1.807, 2.05) is 0 Å². The monoisotopic (exact) mass is 205 g/mol. The SMILES string of the molecule is C[C@]12CCC[C@](C(=O)O)(C1)NC2.Cl. The minimum Gasteiger partial charge on any atom is -0.480 e. The van der Waals surface area contributed by atoms with Crippen LogP contribution in [0.4, 0.5) is 0 Å². The van der Waals surface area contributed by atoms with Crippen molar-refractivity contribution in [2.24, 2.45) is 5.41 Å². The van der Waals surface area contributed by atoms with Crippen molar-refractivity contribution in [1.29, 1.82) is 0 Å². The van der Waals surface area contributed by atoms with E-state index in [-0.39, 0.29) is 17.8 Å². The third-order valence-electron chi connectivity index (χ3n) is 3.38. The number of carboxylic acid groups (broad SMARTS) is 1. The fraction of sp³-hybridized carbons (Fsp3) is 0.889. The molecular weight excluding hydrogens is 190 g/mol. The van der Waals surface area contributed by atoms with Gasteiger partial charge in [0.15, 0.2) is 0 Å². The van der Waals surface area contributed by atoms with Gasteiger partial charge in [0.2, 0.25) is 0 Å². The Morgan fingerprint density at radius 2 is 2.15 bits per heavy atom. The highest BCUT2D eigenvalue weighted by molar-refractivity contribution is 5.85. The molecule has 2 aliphatic rings. The van der Waals surface area contributed by atoms with Gasteiger partial charge in [-0.1, -0.05) is 13.3 Å². The number of hydrogen-bond acceptors (Lipinski definition) is 2. The van der Waals surface area contributed by atoms with Gasteiger partial charge in [-0.15, -0.1) is 12.4 Å². The van der Waals surface area contributed by atoms with Crippen LogP contribution in [0.25, 0.3) is 0 Å². The van der Waals surface area contributed by atoms with Crippen LogP contribution in [0.3, 0.4) is 0 Å². The van der Waals surface area contributed by atoms with Crippen molar-refractivity contribution in [3.8, 4) is 0 Å². The van der Waals surface area contributed by atoms with Gasteiger partial charge in [-0.05, 0) is 24.7 Å². The quantitative estimate of drug-likeness (QED) is 0.681. The Morgan fingerprint density at radius 3 is 2.69 bits per heavy atom. The maximum absolute atomic E-state index is 11.0. The smallest absolute Gasteiger partial charge is 0.323 e. The first-order valence-corrected chi connectivity index (χ1v) is 4.55. The third-order valence-corrected chi connectivity index (χ3v) is 3.38. The molecule has 1 aliphatic heterocycles. The summed E-state index contributed by atoms with van der Waals surface area (Å²) in [4.78, 5) is 11.0. The lowest BCUT2D eigenvalue weighted by atomic mass is 9.71. The van der Waals surface area contributed by atoms with Crippen molar-refractivity contribution >= 4 is 18.4 Å². The van der Waals surface area contributed by atoms with Crippen LogP contribution in [0, 0.1) is 5.41 Å². The number of carboxylic acids is 1. The average Bonchev–Trinajstić information content (AvgIpc) is 2.24. The molecule has 1 heterocycles. The van der Waals surface area contributed by atoms with Gasteiger partial charge >= 0.3 is 5.97 Å². The molecule has 2 atom stereocenters. The number of fused-ring (bicyclic) bond motifs is 2. The van der Waals surface area contributed by atoms with E-state index in [1.54, 1.807) is 0 Å². The van der Waals surface area contributed by atoms with Crippen LogP contribution in [0.2, 0.25) is 0 Å². The molecular formula is C9H16ClNO2. The molecule has 76 valence electrons. The van der Waals surface area contributed by atoms with E-state index in [2.05, 4.69) is 12.2 Å². The van der Waals surface area contributed by atoms with Crippen LogP contribution < -0.4 is 5.32 Å². The summed E-state index contributed by atoms with van der Waals surface area (Å²) in [5.41, 5.74) is -0.330. The molecule has 0 aromatic rings. The van der Waals surface area contributed by atoms with Crippen LogP contribution in [0.1, 0.15) is 32.6 Å². The second-order valence-corrected chi connectivity index (χ2v) is 4.58. The number of halogens is 1. The summed E-state index contributed by atoms with van der Waals surface area (Å²) >= 11 is 0. The largest absolute Gasteiger partial charge is 0.480 e. The highest BCUT2D eigenvalue weighted by Gasteiger charge is 2.52. The predicted octanol–water partition coefficient (Wildman–Crippen LogP) is 1.42. The standard InChI is InChI=1S/C9H15NO2.ClH/c1-8-3-2-4-9(5-8,7(11)12)10-6-8;/h10H,2-6H2,1H3,(H,11,12);1H/t8-,9+;/m0./s1. The molecule has 2 rings (SSSR count). The van der Waals surface area contributed by atoms with E-state index in [0.29, 0.717) is 0 Å². The molecule has 0 spiro atoms. The molecule has 0 aromatic heterocycles. The molecule has 0 aromatic carbocycles. The molecule has 0 amide bonds. The summed E-state index contributed by atoms with van der Waals surface area (Å²) < 4.78 is 0. The minimum atomic E-state index is -0.661. The van der Waals surface area contributed by atoms with Gasteiger partial charge < -0.3 is 10.4 Å². The van der Waals surface area contributed by atoms with Crippen LogP contribution in [-0.4, -0.2) is 23.2 Å². The van der Waals surface area contributed by atoms with Crippen LogP contribution in [0.15, 0.2) is 0 Å². The summed E-state index contributed by atoms with van der Waals surface area (Å²) in [5, 5.41) is 12.2. The van der Waals surface area contributed by atoms with E-state index in [9.17, 15) is 4.79 Å². The summed E-state index contributed by atoms with van der Waals surface area (Å²) in [6.45, 7) is 3.06. The Morgan fingerprint density at radius 1 is 1.46 bits per heavy atom. The van der Waals surface area contributed by atoms with Gasteiger partial charge in [0.1, 0.15) is 5.54 Å². The van der Waals surface area contributed by atoms with Crippen molar-refractivity contribution in [2.45, 2.75) is 38.1 Å². The van der Waals surface area contributed by atoms with Gasteiger partial charge in [-0.3, -0.25) is 4.79 Å². The Balaban J connectivity index is 0.000000845. The van der Waals surface area contributed by atoms with E-state index in [1.165, 1.54) is 6.42 Å². The number of aliphatic carboxylic acids is 1. The van der Waals surface area contributed by atoms with Crippen LogP contribution >= 0.6 is 12.4 Å². The lowest BCUT2D eigenvalue weighted by Crippen LogP contribution is -2.48. The van der Waals surface area contributed by atoms with E-state index >= 15 is 0 Å². The molecule has 1 saturated heterocycles. The van der Waals surface area contributed by atoms with Crippen molar-refractivity contribution in [3.05, 3.63) is 0 Å². The highest BCUT2D eigenvalue weighted by atomic mass is 35.5. The predicted molar refractivity (Wildman–Crippen MR) is 52.2 cm³/mol. The van der Waals surface area contributed by atoms with Crippen molar-refractivity contribution in [2.75, 3.05) is 6.54 Å². The van der Waals surface area contributed by atoms with Crippen molar-refractivity contribution in [3.63, 3.8) is 0 Å². The molecule has 2 N–H and O–H groups in total. The lowest BCUT2D eigenvalue weighted by Gasteiger charge is -2.33. The zero-order valence-corrected chi connectivity index (χ0v) is 8.62. The molecule has 2 bridgehead atoms. The first kappa shape index (κ1) is 10.8. The second-order valence-electron chi connectivity index (χ2n) is 4.58. The van der Waals surface area contributed by atoms with E-state index in [4.69, 9.17) is 5.11 Å². The molecule has 3 nitrogen and oxygen atoms in total. The zero-order valence-electron chi connectivity index (χ0n) is 7.80. The van der Waals surface area contributed by atoms with Gasteiger partial charge in [0.25, 0.3) is 0 Å². The van der Waals surface area contributed by atoms with E-state index < -0.39 is 11.5 Å². The zero-order chi connectivity index (χ0) is 8.82. The second kappa shape index (κ2) is 3.14. The maximum atomic E-state index is 11.0. The Hall–Kier alpha value is -0.280. The molecule has 0 unspecified atom stereocenters. The van der Waals surface area contributed by atoms with Gasteiger partial charge in [0.05, 0.1) is 0 Å². The Labute approximate surface area is 84.3 Å². The third kappa shape index (κ3) is 1.55. The van der Waals surface area contributed by atoms with Crippen LogP contribution in [0.5, 0.6) is 0 Å². The topological polar surface area (TPSA) is 49.3 Å². The number of carbonyl (C=O) groups is 1. The molecule has 1 saturated carbocycles. The summed E-state index contributed by atoms with van der Waals surface area (Å²) in [6, 6.07) is 0. The first-order chi connectivity index (χ1) is 5.56. The summed E-state index contributed by atoms with van der Waals surface area (Å²) in [5.74, 6) is -0.661. The Bertz CT molecular complexity index is 234. The summed E-state index contributed by atoms with van der Waals surface area (Å²) in [6.07, 6.45) is 3.85. The molecule has 1 aliphatic carbocycles. The average molecular weight is 206 g/mol. The normalized spacial score (nSPS) is 42.5. The highest BCUT2D eigenvalue weighted by Crippen LogP contribution is 2.46. The fourth-order valence-corrected chi connectivity index (χ4v) is 2.66. The van der Waals surface area contributed by atoms with Gasteiger partial charge in [-0.25, -0.2) is 0 Å². The minimum absolute atomic E-state index is 0. The van der Waals surface area contributed by atoms with Gasteiger partial charge in [0, 0.05) is 6.54 Å². The fourth-order valence-electron chi connectivity index (χ4n) is 2.66. The number of rotatable bonds is 1. The van der Waals surface area contributed by atoms with Crippen molar-refractivity contribution < 1.29 is 9.90 Å².